The van der Waals surface area contributed by atoms with E-state index in [2.05, 4.69) is 25.6 Å². The van der Waals surface area contributed by atoms with E-state index >= 15 is 0 Å². The van der Waals surface area contributed by atoms with Gasteiger partial charge >= 0.3 is 0 Å². The second kappa shape index (κ2) is 16.1. The lowest BCUT2D eigenvalue weighted by Gasteiger charge is -2.26. The lowest BCUT2D eigenvalue weighted by Crippen LogP contribution is -2.23. The molecule has 3 aromatic heterocycles. The lowest BCUT2D eigenvalue weighted by atomic mass is 10.00. The first-order valence-corrected chi connectivity index (χ1v) is 17.1. The number of nitriles is 2. The van der Waals surface area contributed by atoms with E-state index in [4.69, 9.17) is 24.7 Å². The molecule has 0 N–H and O–H groups in total. The number of ether oxygens (including phenoxy) is 3. The van der Waals surface area contributed by atoms with Gasteiger partial charge in [-0.05, 0) is 47.9 Å². The van der Waals surface area contributed by atoms with Crippen LogP contribution in [0.5, 0.6) is 0 Å². The second-order valence-electron chi connectivity index (χ2n) is 12.8. The summed E-state index contributed by atoms with van der Waals surface area (Å²) < 4.78 is 48.7. The molecule has 9 rings (SSSR count). The predicted molar refractivity (Wildman–Crippen MR) is 189 cm³/mol. The summed E-state index contributed by atoms with van der Waals surface area (Å²) >= 11 is 0. The fraction of sp³-hybridized carbons (Fsp3) is 0.250. The van der Waals surface area contributed by atoms with Crippen LogP contribution in [0.2, 0.25) is 0 Å². The molecule has 0 spiro atoms. The Morgan fingerprint density at radius 2 is 1.07 bits per heavy atom. The zero-order valence-electron chi connectivity index (χ0n) is 29.2. The SMILES string of the molecule is CC(=O)c1ccc(C2COCc3cncn32)cc1.Fc1ccc(C2COCc3cncn32)cc1F.N#Cc1ccc(C2COCc3cncn32)cc1C#N. The summed E-state index contributed by atoms with van der Waals surface area (Å²) in [5, 5.41) is 18.0. The van der Waals surface area contributed by atoms with Gasteiger partial charge in [0.1, 0.15) is 12.1 Å². The van der Waals surface area contributed by atoms with Crippen LogP contribution in [0, 0.1) is 34.3 Å². The van der Waals surface area contributed by atoms with E-state index in [0.29, 0.717) is 56.3 Å². The molecule has 54 heavy (non-hydrogen) atoms. The molecule has 0 saturated heterocycles. The van der Waals surface area contributed by atoms with Crippen molar-refractivity contribution in [3.05, 3.63) is 160 Å². The summed E-state index contributed by atoms with van der Waals surface area (Å²) in [7, 11) is 0. The van der Waals surface area contributed by atoms with E-state index < -0.39 is 11.6 Å². The number of rotatable bonds is 4. The highest BCUT2D eigenvalue weighted by molar-refractivity contribution is 5.94. The van der Waals surface area contributed by atoms with Crippen molar-refractivity contribution < 1.29 is 27.8 Å². The molecule has 3 aliphatic rings. The third-order valence-corrected chi connectivity index (χ3v) is 9.52. The molecule has 3 aromatic carbocycles. The van der Waals surface area contributed by atoms with Crippen molar-refractivity contribution in [3.63, 3.8) is 0 Å². The van der Waals surface area contributed by atoms with Crippen molar-refractivity contribution in [2.24, 2.45) is 0 Å². The van der Waals surface area contributed by atoms with Crippen LogP contribution in [0.15, 0.2) is 98.2 Å². The minimum atomic E-state index is -0.838. The number of hydrogen-bond donors (Lipinski definition) is 0. The Morgan fingerprint density at radius 3 is 1.54 bits per heavy atom. The summed E-state index contributed by atoms with van der Waals surface area (Å²) in [4.78, 5) is 23.6. The average Bonchev–Trinajstić information content (AvgIpc) is 4.00. The molecular formula is C40H34F2N8O4. The largest absolute Gasteiger partial charge is 0.373 e. The molecule has 12 nitrogen and oxygen atoms in total. The Balaban J connectivity index is 0.000000125. The van der Waals surface area contributed by atoms with Crippen LogP contribution >= 0.6 is 0 Å². The van der Waals surface area contributed by atoms with Crippen molar-refractivity contribution in [2.45, 2.75) is 44.9 Å². The smallest absolute Gasteiger partial charge is 0.159 e. The van der Waals surface area contributed by atoms with Gasteiger partial charge < -0.3 is 27.9 Å². The quantitative estimate of drug-likeness (QED) is 0.193. The highest BCUT2D eigenvalue weighted by atomic mass is 19.2. The molecule has 14 heteroatoms. The van der Waals surface area contributed by atoms with Crippen molar-refractivity contribution in [2.75, 3.05) is 19.8 Å². The van der Waals surface area contributed by atoms with Gasteiger partial charge in [-0.1, -0.05) is 36.4 Å². The normalized spacial score (nSPS) is 18.2. The predicted octanol–water partition coefficient (Wildman–Crippen LogP) is 6.23. The fourth-order valence-corrected chi connectivity index (χ4v) is 6.63. The Morgan fingerprint density at radius 1 is 0.630 bits per heavy atom. The van der Waals surface area contributed by atoms with Gasteiger partial charge in [-0.3, -0.25) is 4.79 Å². The monoisotopic (exact) mass is 728 g/mol. The summed E-state index contributed by atoms with van der Waals surface area (Å²) in [6.07, 6.45) is 10.6. The van der Waals surface area contributed by atoms with Gasteiger partial charge in [-0.25, -0.2) is 23.7 Å². The van der Waals surface area contributed by atoms with Crippen molar-refractivity contribution in [1.82, 2.24) is 28.7 Å². The van der Waals surface area contributed by atoms with Crippen LogP contribution in [0.4, 0.5) is 8.78 Å². The summed E-state index contributed by atoms with van der Waals surface area (Å²) in [6.45, 7) is 4.87. The highest BCUT2D eigenvalue weighted by Crippen LogP contribution is 2.29. The molecule has 0 aliphatic carbocycles. The Kier molecular flexibility index (Phi) is 10.8. The molecule has 0 amide bonds. The first-order valence-electron chi connectivity index (χ1n) is 17.1. The number of ketones is 1. The number of carbonyl (C=O) groups excluding carboxylic acids is 1. The second-order valence-corrected chi connectivity index (χ2v) is 12.8. The number of hydrogen-bond acceptors (Lipinski definition) is 9. The molecule has 3 unspecified atom stereocenters. The molecule has 6 aromatic rings. The molecule has 0 fully saturated rings. The molecule has 3 atom stereocenters. The van der Waals surface area contributed by atoms with E-state index in [0.717, 1.165) is 39.8 Å². The van der Waals surface area contributed by atoms with Gasteiger partial charge in [-0.2, -0.15) is 10.5 Å². The fourth-order valence-electron chi connectivity index (χ4n) is 6.63. The number of nitrogens with zero attached hydrogens (tertiary/aromatic N) is 8. The molecule has 6 heterocycles. The average molecular weight is 729 g/mol. The van der Waals surface area contributed by atoms with E-state index in [1.54, 1.807) is 50.2 Å². The van der Waals surface area contributed by atoms with Crippen LogP contribution in [0.1, 0.15) is 80.3 Å². The van der Waals surface area contributed by atoms with Crippen LogP contribution in [0.25, 0.3) is 0 Å². The lowest BCUT2D eigenvalue weighted by molar-refractivity contribution is 0.0694. The van der Waals surface area contributed by atoms with Gasteiger partial charge in [-0.15, -0.1) is 0 Å². The Labute approximate surface area is 309 Å². The van der Waals surface area contributed by atoms with Gasteiger partial charge in [0.05, 0.1) is 124 Å². The highest BCUT2D eigenvalue weighted by Gasteiger charge is 2.24. The van der Waals surface area contributed by atoms with Gasteiger partial charge in [0.15, 0.2) is 17.4 Å². The minimum absolute atomic E-state index is 0.00564. The van der Waals surface area contributed by atoms with Crippen LogP contribution < -0.4 is 0 Å². The van der Waals surface area contributed by atoms with Gasteiger partial charge in [0, 0.05) is 5.56 Å². The van der Waals surface area contributed by atoms with Gasteiger partial charge in [0.2, 0.25) is 0 Å². The topological polar surface area (TPSA) is 146 Å². The van der Waals surface area contributed by atoms with Crippen molar-refractivity contribution in [3.8, 4) is 12.1 Å². The Bertz CT molecular complexity index is 2350. The molecule has 0 saturated carbocycles. The van der Waals surface area contributed by atoms with Crippen LogP contribution in [-0.4, -0.2) is 54.3 Å². The Hall–Kier alpha value is -6.32. The maximum absolute atomic E-state index is 13.2. The standard InChI is InChI=1S/C14H10N4O.C14H14N2O2.C12H10F2N2O/c15-4-11-2-1-10(3-12(11)5-16)14-8-19-7-13-6-17-9-18(13)14;1-10(17)11-2-4-12(5-3-11)14-8-18-7-13-6-15-9-16(13)14;13-10-2-1-8(3-11(10)14)12-6-17-5-9-4-15-7-16(9)12/h1-3,6,9,14H,7-8H2;2-6,9,14H,7-8H2,1H3;1-4,7,12H,5-6H2. The minimum Gasteiger partial charge on any atom is -0.373 e. The third-order valence-electron chi connectivity index (χ3n) is 9.52. The van der Waals surface area contributed by atoms with Crippen LogP contribution in [0.3, 0.4) is 0 Å². The number of imidazole rings is 3. The first-order chi connectivity index (χ1) is 26.3. The number of fused-ring (bicyclic) bond motifs is 3. The molecule has 0 bridgehead atoms. The maximum atomic E-state index is 13.2. The third kappa shape index (κ3) is 7.58. The zero-order valence-corrected chi connectivity index (χ0v) is 29.2. The molecule has 0 radical (unpaired) electrons. The van der Waals surface area contributed by atoms with Crippen LogP contribution in [-0.2, 0) is 34.0 Å². The van der Waals surface area contributed by atoms with E-state index in [9.17, 15) is 13.6 Å². The number of Topliss-reactive ketones (excluding diaryl/α,β-unsaturated/α-hetero) is 1. The van der Waals surface area contributed by atoms with Crippen molar-refractivity contribution >= 4 is 5.78 Å². The van der Waals surface area contributed by atoms with E-state index in [1.807, 2.05) is 58.1 Å². The summed E-state index contributed by atoms with van der Waals surface area (Å²) in [6, 6.07) is 21.0. The number of benzene rings is 3. The number of halogens is 2. The molecule has 272 valence electrons. The first kappa shape index (κ1) is 36.1. The number of carbonyl (C=O) groups is 1. The van der Waals surface area contributed by atoms with Gasteiger partial charge in [0.25, 0.3) is 0 Å². The van der Waals surface area contributed by atoms with E-state index in [1.165, 1.54) is 6.07 Å². The number of aromatic nitrogens is 6. The van der Waals surface area contributed by atoms with E-state index in [-0.39, 0.29) is 23.9 Å². The molecular weight excluding hydrogens is 694 g/mol. The zero-order chi connectivity index (χ0) is 37.6. The molecule has 3 aliphatic heterocycles. The summed E-state index contributed by atoms with van der Waals surface area (Å²) in [5.41, 5.74) is 7.34. The maximum Gasteiger partial charge on any atom is 0.159 e. The van der Waals surface area contributed by atoms with Crippen molar-refractivity contribution in [1.29, 1.82) is 10.5 Å². The summed E-state index contributed by atoms with van der Waals surface area (Å²) in [5.74, 6) is -1.59.